The van der Waals surface area contributed by atoms with Crippen LogP contribution in [-0.2, 0) is 4.79 Å². The van der Waals surface area contributed by atoms with E-state index in [4.69, 9.17) is 9.47 Å². The predicted octanol–water partition coefficient (Wildman–Crippen LogP) is 3.76. The molecule has 0 spiro atoms. The van der Waals surface area contributed by atoms with E-state index in [1.54, 1.807) is 19.2 Å². The Balaban J connectivity index is 1.46. The standard InChI is InChI=1S/C22H20N4O3/c1-15-7-8-18(19(11-15)28-2)29-13-22(27)25-20-12-21(24-14-23-20)26-10-9-16-5-3-4-6-17(16)26/h3-12,14H,13H2,1-2H3,(H,23,24,25,27). The summed E-state index contributed by atoms with van der Waals surface area (Å²) in [6.07, 6.45) is 3.36. The zero-order valence-corrected chi connectivity index (χ0v) is 16.1. The largest absolute Gasteiger partial charge is 0.493 e. The molecule has 0 radical (unpaired) electrons. The molecule has 1 N–H and O–H groups in total. The van der Waals surface area contributed by atoms with E-state index in [0.29, 0.717) is 23.1 Å². The van der Waals surface area contributed by atoms with Crippen LogP contribution in [0.4, 0.5) is 5.82 Å². The minimum absolute atomic E-state index is 0.162. The number of para-hydroxylation sites is 1. The number of nitrogens with one attached hydrogen (secondary N) is 1. The van der Waals surface area contributed by atoms with E-state index in [1.807, 2.05) is 60.2 Å². The molecular formula is C22H20N4O3. The summed E-state index contributed by atoms with van der Waals surface area (Å²) in [6, 6.07) is 17.3. The molecule has 4 rings (SSSR count). The van der Waals surface area contributed by atoms with Crippen LogP contribution in [0, 0.1) is 6.92 Å². The highest BCUT2D eigenvalue weighted by atomic mass is 16.5. The minimum atomic E-state index is -0.324. The molecule has 0 aliphatic heterocycles. The van der Waals surface area contributed by atoms with Crippen molar-refractivity contribution >= 4 is 22.6 Å². The number of benzene rings is 2. The van der Waals surface area contributed by atoms with Gasteiger partial charge in [-0.25, -0.2) is 9.97 Å². The number of methoxy groups -OCH3 is 1. The van der Waals surface area contributed by atoms with Crippen LogP contribution in [0.25, 0.3) is 16.7 Å². The van der Waals surface area contributed by atoms with Gasteiger partial charge in [0.25, 0.3) is 5.91 Å². The van der Waals surface area contributed by atoms with Gasteiger partial charge in [0.05, 0.1) is 12.6 Å². The number of aryl methyl sites for hydroxylation is 1. The molecule has 1 amide bonds. The van der Waals surface area contributed by atoms with Crippen molar-refractivity contribution in [3.63, 3.8) is 0 Å². The van der Waals surface area contributed by atoms with Gasteiger partial charge >= 0.3 is 0 Å². The number of carbonyl (C=O) groups is 1. The van der Waals surface area contributed by atoms with E-state index in [-0.39, 0.29) is 12.5 Å². The quantitative estimate of drug-likeness (QED) is 0.544. The normalized spacial score (nSPS) is 10.7. The van der Waals surface area contributed by atoms with Gasteiger partial charge < -0.3 is 19.4 Å². The van der Waals surface area contributed by atoms with E-state index < -0.39 is 0 Å². The second-order valence-corrected chi connectivity index (χ2v) is 6.50. The van der Waals surface area contributed by atoms with Crippen molar-refractivity contribution in [1.82, 2.24) is 14.5 Å². The topological polar surface area (TPSA) is 78.3 Å². The number of nitrogens with zero attached hydrogens (tertiary/aromatic N) is 3. The van der Waals surface area contributed by atoms with Crippen molar-refractivity contribution in [2.75, 3.05) is 19.0 Å². The lowest BCUT2D eigenvalue weighted by molar-refractivity contribution is -0.118. The number of hydrogen-bond donors (Lipinski definition) is 1. The lowest BCUT2D eigenvalue weighted by Crippen LogP contribution is -2.21. The Kier molecular flexibility index (Phi) is 5.11. The van der Waals surface area contributed by atoms with Gasteiger partial charge in [-0.1, -0.05) is 24.3 Å². The molecule has 0 aliphatic rings. The summed E-state index contributed by atoms with van der Waals surface area (Å²) in [5.74, 6) is 1.83. The molecule has 7 heteroatoms. The van der Waals surface area contributed by atoms with E-state index >= 15 is 0 Å². The van der Waals surface area contributed by atoms with Gasteiger partial charge in [-0.3, -0.25) is 4.79 Å². The van der Waals surface area contributed by atoms with Crippen molar-refractivity contribution in [2.24, 2.45) is 0 Å². The monoisotopic (exact) mass is 388 g/mol. The molecule has 146 valence electrons. The highest BCUT2D eigenvalue weighted by Crippen LogP contribution is 2.27. The first-order valence-corrected chi connectivity index (χ1v) is 9.10. The van der Waals surface area contributed by atoms with E-state index in [1.165, 1.54) is 6.33 Å². The number of anilines is 1. The van der Waals surface area contributed by atoms with Gasteiger partial charge in [-0.15, -0.1) is 0 Å². The smallest absolute Gasteiger partial charge is 0.263 e. The van der Waals surface area contributed by atoms with E-state index in [0.717, 1.165) is 16.5 Å². The molecule has 0 unspecified atom stereocenters. The third-order valence-electron chi connectivity index (χ3n) is 4.44. The van der Waals surface area contributed by atoms with Crippen molar-refractivity contribution in [3.8, 4) is 17.3 Å². The van der Waals surface area contributed by atoms with Crippen molar-refractivity contribution < 1.29 is 14.3 Å². The fraction of sp³-hybridized carbons (Fsp3) is 0.136. The Bertz CT molecular complexity index is 1170. The fourth-order valence-corrected chi connectivity index (χ4v) is 3.05. The van der Waals surface area contributed by atoms with Gasteiger partial charge in [0.15, 0.2) is 18.1 Å². The van der Waals surface area contributed by atoms with Crippen molar-refractivity contribution in [3.05, 3.63) is 72.7 Å². The average molecular weight is 388 g/mol. The van der Waals surface area contributed by atoms with Gasteiger partial charge in [-0.2, -0.15) is 0 Å². The number of amides is 1. The molecule has 0 bridgehead atoms. The first-order chi connectivity index (χ1) is 14.1. The van der Waals surface area contributed by atoms with Gasteiger partial charge in [0.1, 0.15) is 18.0 Å². The van der Waals surface area contributed by atoms with Crippen LogP contribution in [0.3, 0.4) is 0 Å². The van der Waals surface area contributed by atoms with Gasteiger partial charge in [0, 0.05) is 12.3 Å². The van der Waals surface area contributed by atoms with Crippen LogP contribution in [0.5, 0.6) is 11.5 Å². The molecule has 4 aromatic rings. The fourth-order valence-electron chi connectivity index (χ4n) is 3.05. The summed E-state index contributed by atoms with van der Waals surface area (Å²) in [5, 5.41) is 3.85. The third-order valence-corrected chi connectivity index (χ3v) is 4.44. The Morgan fingerprint density at radius 3 is 2.79 bits per heavy atom. The summed E-state index contributed by atoms with van der Waals surface area (Å²) >= 11 is 0. The number of fused-ring (bicyclic) bond motifs is 1. The van der Waals surface area contributed by atoms with Crippen LogP contribution in [-0.4, -0.2) is 34.2 Å². The zero-order chi connectivity index (χ0) is 20.2. The van der Waals surface area contributed by atoms with Crippen LogP contribution < -0.4 is 14.8 Å². The molecule has 2 aromatic carbocycles. The lowest BCUT2D eigenvalue weighted by Gasteiger charge is -2.11. The van der Waals surface area contributed by atoms with E-state index in [9.17, 15) is 4.79 Å². The molecule has 0 saturated carbocycles. The molecule has 0 fully saturated rings. The maximum absolute atomic E-state index is 12.3. The Morgan fingerprint density at radius 2 is 1.93 bits per heavy atom. The highest BCUT2D eigenvalue weighted by Gasteiger charge is 2.10. The summed E-state index contributed by atoms with van der Waals surface area (Å²) in [6.45, 7) is 1.80. The summed E-state index contributed by atoms with van der Waals surface area (Å²) in [7, 11) is 1.56. The predicted molar refractivity (Wildman–Crippen MR) is 111 cm³/mol. The van der Waals surface area contributed by atoms with Gasteiger partial charge in [-0.05, 0) is 42.1 Å². The molecule has 2 aromatic heterocycles. The van der Waals surface area contributed by atoms with E-state index in [2.05, 4.69) is 15.3 Å². The van der Waals surface area contributed by atoms with Gasteiger partial charge in [0.2, 0.25) is 0 Å². The molecule has 2 heterocycles. The highest BCUT2D eigenvalue weighted by molar-refractivity contribution is 5.91. The minimum Gasteiger partial charge on any atom is -0.493 e. The number of hydrogen-bond acceptors (Lipinski definition) is 5. The van der Waals surface area contributed by atoms with Crippen LogP contribution in [0.1, 0.15) is 5.56 Å². The molecule has 0 aliphatic carbocycles. The molecule has 0 atom stereocenters. The van der Waals surface area contributed by atoms with Crippen LogP contribution in [0.15, 0.2) is 67.1 Å². The number of ether oxygens (including phenoxy) is 2. The summed E-state index contributed by atoms with van der Waals surface area (Å²) < 4.78 is 12.8. The maximum Gasteiger partial charge on any atom is 0.263 e. The molecular weight excluding hydrogens is 368 g/mol. The second kappa shape index (κ2) is 8.02. The Hall–Kier alpha value is -3.87. The molecule has 29 heavy (non-hydrogen) atoms. The third kappa shape index (κ3) is 4.03. The van der Waals surface area contributed by atoms with Crippen molar-refractivity contribution in [2.45, 2.75) is 6.92 Å². The lowest BCUT2D eigenvalue weighted by atomic mass is 10.2. The first-order valence-electron chi connectivity index (χ1n) is 9.10. The summed E-state index contributed by atoms with van der Waals surface area (Å²) in [4.78, 5) is 20.8. The van der Waals surface area contributed by atoms with Crippen LogP contribution >= 0.6 is 0 Å². The second-order valence-electron chi connectivity index (χ2n) is 6.50. The zero-order valence-electron chi connectivity index (χ0n) is 16.1. The van der Waals surface area contributed by atoms with Crippen LogP contribution in [0.2, 0.25) is 0 Å². The first kappa shape index (κ1) is 18.5. The average Bonchev–Trinajstić information content (AvgIpc) is 3.17. The molecule has 0 saturated heterocycles. The number of rotatable bonds is 6. The Morgan fingerprint density at radius 1 is 1.07 bits per heavy atom. The SMILES string of the molecule is COc1cc(C)ccc1OCC(=O)Nc1cc(-n2ccc3ccccc32)ncn1. The number of carbonyl (C=O) groups excluding carboxylic acids is 1. The summed E-state index contributed by atoms with van der Waals surface area (Å²) in [5.41, 5.74) is 2.07. The molecule has 7 nitrogen and oxygen atoms in total. The maximum atomic E-state index is 12.3. The van der Waals surface area contributed by atoms with Crippen molar-refractivity contribution in [1.29, 1.82) is 0 Å². The Labute approximate surface area is 167 Å². The number of aromatic nitrogens is 3.